The van der Waals surface area contributed by atoms with Crippen molar-refractivity contribution < 1.29 is 14.5 Å². The van der Waals surface area contributed by atoms with E-state index in [2.05, 4.69) is 11.6 Å². The van der Waals surface area contributed by atoms with E-state index >= 15 is 0 Å². The van der Waals surface area contributed by atoms with Crippen molar-refractivity contribution in [2.45, 2.75) is 6.54 Å². The molecule has 0 atom stereocenters. The molecule has 0 radical (unpaired) electrons. The first-order valence-electron chi connectivity index (χ1n) is 7.15. The predicted octanol–water partition coefficient (Wildman–Crippen LogP) is 3.61. The number of thiazole rings is 1. The van der Waals surface area contributed by atoms with E-state index in [0.717, 1.165) is 21.6 Å². The molecule has 2 heterocycles. The summed E-state index contributed by atoms with van der Waals surface area (Å²) < 4.78 is 8.01. The summed E-state index contributed by atoms with van der Waals surface area (Å²) in [5, 5.41) is 10.7. The standard InChI is InChI=1S/C16H13N3O4S2/c1-3-8-18-11-5-4-10(23-2)9-13(11)25-16(18)17-15(20)12-6-7-14(24-12)19(21)22/h3-7,9H,1,8H2,2H3. The summed E-state index contributed by atoms with van der Waals surface area (Å²) in [5.74, 6) is 0.209. The van der Waals surface area contributed by atoms with Crippen LogP contribution in [0, 0.1) is 10.1 Å². The van der Waals surface area contributed by atoms with Gasteiger partial charge in [0.25, 0.3) is 5.91 Å². The van der Waals surface area contributed by atoms with Crippen molar-refractivity contribution in [3.63, 3.8) is 0 Å². The molecule has 25 heavy (non-hydrogen) atoms. The second kappa shape index (κ2) is 6.99. The van der Waals surface area contributed by atoms with Crippen molar-refractivity contribution in [3.8, 4) is 5.75 Å². The molecule has 7 nitrogen and oxygen atoms in total. The van der Waals surface area contributed by atoms with Crippen LogP contribution in [-0.4, -0.2) is 22.5 Å². The first-order valence-corrected chi connectivity index (χ1v) is 8.78. The fourth-order valence-electron chi connectivity index (χ4n) is 2.25. The number of fused-ring (bicyclic) bond motifs is 1. The minimum atomic E-state index is -0.523. The molecule has 0 aliphatic rings. The number of allylic oxidation sites excluding steroid dienone is 1. The average molecular weight is 375 g/mol. The fraction of sp³-hybridized carbons (Fsp3) is 0.125. The molecule has 1 aromatic carbocycles. The summed E-state index contributed by atoms with van der Waals surface area (Å²) in [6.07, 6.45) is 1.72. The lowest BCUT2D eigenvalue weighted by molar-refractivity contribution is -0.380. The fourth-order valence-corrected chi connectivity index (χ4v) is 4.03. The van der Waals surface area contributed by atoms with Gasteiger partial charge in [-0.05, 0) is 24.3 Å². The van der Waals surface area contributed by atoms with Crippen LogP contribution in [0.15, 0.2) is 48.0 Å². The van der Waals surface area contributed by atoms with Gasteiger partial charge < -0.3 is 9.30 Å². The number of thiophene rings is 1. The van der Waals surface area contributed by atoms with Crippen LogP contribution in [0.25, 0.3) is 10.2 Å². The number of nitro groups is 1. The van der Waals surface area contributed by atoms with E-state index in [0.29, 0.717) is 17.1 Å². The molecule has 0 saturated carbocycles. The van der Waals surface area contributed by atoms with Crippen LogP contribution < -0.4 is 9.54 Å². The van der Waals surface area contributed by atoms with Gasteiger partial charge in [-0.25, -0.2) is 0 Å². The molecule has 9 heteroatoms. The predicted molar refractivity (Wildman–Crippen MR) is 97.4 cm³/mol. The molecule has 0 bridgehead atoms. The van der Waals surface area contributed by atoms with Gasteiger partial charge in [-0.2, -0.15) is 4.99 Å². The third kappa shape index (κ3) is 3.37. The lowest BCUT2D eigenvalue weighted by Gasteiger charge is -2.02. The van der Waals surface area contributed by atoms with Gasteiger partial charge >= 0.3 is 5.00 Å². The SMILES string of the molecule is C=CCn1c(=NC(=O)c2ccc([N+](=O)[O-])s2)sc2cc(OC)ccc21. The van der Waals surface area contributed by atoms with E-state index in [-0.39, 0.29) is 9.88 Å². The van der Waals surface area contributed by atoms with Crippen LogP contribution >= 0.6 is 22.7 Å². The Morgan fingerprint density at radius 1 is 1.40 bits per heavy atom. The van der Waals surface area contributed by atoms with Crippen molar-refractivity contribution in [3.05, 3.63) is 62.8 Å². The molecule has 0 unspecified atom stereocenters. The topological polar surface area (TPSA) is 86.7 Å². The van der Waals surface area contributed by atoms with Gasteiger partial charge in [-0.3, -0.25) is 14.9 Å². The number of aromatic nitrogens is 1. The van der Waals surface area contributed by atoms with E-state index in [1.165, 1.54) is 23.5 Å². The number of carbonyl (C=O) groups is 1. The molecule has 1 amide bonds. The number of hydrogen-bond donors (Lipinski definition) is 0. The van der Waals surface area contributed by atoms with Crippen molar-refractivity contribution in [1.29, 1.82) is 0 Å². The van der Waals surface area contributed by atoms with Gasteiger partial charge in [0.05, 0.1) is 22.2 Å². The maximum atomic E-state index is 12.4. The number of rotatable bonds is 5. The molecule has 0 N–H and O–H groups in total. The van der Waals surface area contributed by atoms with Gasteiger partial charge in [0.2, 0.25) is 0 Å². The molecule has 3 aromatic rings. The van der Waals surface area contributed by atoms with Crippen molar-refractivity contribution in [2.75, 3.05) is 7.11 Å². The quantitative estimate of drug-likeness (QED) is 0.387. The second-order valence-corrected chi connectivity index (χ2v) is 7.00. The highest BCUT2D eigenvalue weighted by molar-refractivity contribution is 7.17. The molecular weight excluding hydrogens is 362 g/mol. The summed E-state index contributed by atoms with van der Waals surface area (Å²) in [6.45, 7) is 4.23. The van der Waals surface area contributed by atoms with Crippen LogP contribution in [0.1, 0.15) is 9.67 Å². The number of ether oxygens (including phenoxy) is 1. The van der Waals surface area contributed by atoms with Crippen LogP contribution in [0.2, 0.25) is 0 Å². The summed E-state index contributed by atoms with van der Waals surface area (Å²) >= 11 is 2.16. The molecule has 0 aliphatic carbocycles. The average Bonchev–Trinajstić information content (AvgIpc) is 3.20. The van der Waals surface area contributed by atoms with Crippen molar-refractivity contribution in [2.24, 2.45) is 4.99 Å². The summed E-state index contributed by atoms with van der Waals surface area (Å²) in [5.41, 5.74) is 0.911. The third-order valence-electron chi connectivity index (χ3n) is 3.38. The first-order chi connectivity index (χ1) is 12.0. The largest absolute Gasteiger partial charge is 0.497 e. The van der Waals surface area contributed by atoms with Gasteiger partial charge in [0, 0.05) is 12.6 Å². The zero-order chi connectivity index (χ0) is 18.0. The van der Waals surface area contributed by atoms with Crippen LogP contribution in [0.5, 0.6) is 5.75 Å². The molecule has 3 rings (SSSR count). The highest BCUT2D eigenvalue weighted by atomic mass is 32.1. The number of carbonyl (C=O) groups excluding carboxylic acids is 1. The maximum absolute atomic E-state index is 12.4. The summed E-state index contributed by atoms with van der Waals surface area (Å²) in [7, 11) is 1.59. The zero-order valence-corrected chi connectivity index (χ0v) is 14.8. The molecule has 2 aromatic heterocycles. The van der Waals surface area contributed by atoms with E-state index < -0.39 is 10.8 Å². The highest BCUT2D eigenvalue weighted by Crippen LogP contribution is 2.25. The lowest BCUT2D eigenvalue weighted by atomic mass is 10.3. The normalized spacial score (nSPS) is 11.6. The van der Waals surface area contributed by atoms with Crippen LogP contribution in [0.4, 0.5) is 5.00 Å². The Bertz CT molecular complexity index is 1050. The Hall–Kier alpha value is -2.78. The Morgan fingerprint density at radius 3 is 2.84 bits per heavy atom. The number of amides is 1. The first kappa shape index (κ1) is 17.1. The van der Waals surface area contributed by atoms with Gasteiger partial charge in [0.1, 0.15) is 10.6 Å². The smallest absolute Gasteiger partial charge is 0.324 e. The number of benzene rings is 1. The van der Waals surface area contributed by atoms with Crippen LogP contribution in [-0.2, 0) is 6.54 Å². The lowest BCUT2D eigenvalue weighted by Crippen LogP contribution is -2.15. The molecule has 128 valence electrons. The van der Waals surface area contributed by atoms with Gasteiger partial charge in [0.15, 0.2) is 4.80 Å². The van der Waals surface area contributed by atoms with E-state index in [4.69, 9.17) is 4.74 Å². The monoisotopic (exact) mass is 375 g/mol. The Kier molecular flexibility index (Phi) is 4.77. The zero-order valence-electron chi connectivity index (χ0n) is 13.2. The van der Waals surface area contributed by atoms with E-state index in [1.54, 1.807) is 13.2 Å². The van der Waals surface area contributed by atoms with E-state index in [9.17, 15) is 14.9 Å². The number of methoxy groups -OCH3 is 1. The Balaban J connectivity index is 2.10. The van der Waals surface area contributed by atoms with Gasteiger partial charge in [-0.15, -0.1) is 6.58 Å². The molecule has 0 aliphatic heterocycles. The van der Waals surface area contributed by atoms with Crippen LogP contribution in [0.3, 0.4) is 0 Å². The minimum Gasteiger partial charge on any atom is -0.497 e. The number of hydrogen-bond acceptors (Lipinski definition) is 6. The number of nitrogens with zero attached hydrogens (tertiary/aromatic N) is 3. The Morgan fingerprint density at radius 2 is 2.20 bits per heavy atom. The highest BCUT2D eigenvalue weighted by Gasteiger charge is 2.15. The Labute approximate surface area is 150 Å². The molecule has 0 saturated heterocycles. The second-order valence-electron chi connectivity index (χ2n) is 4.93. The third-order valence-corrected chi connectivity index (χ3v) is 5.45. The molecular formula is C16H13N3O4S2. The van der Waals surface area contributed by atoms with Crippen molar-refractivity contribution in [1.82, 2.24) is 4.57 Å². The molecule has 0 fully saturated rings. The molecule has 0 spiro atoms. The maximum Gasteiger partial charge on any atom is 0.324 e. The van der Waals surface area contributed by atoms with E-state index in [1.807, 2.05) is 22.8 Å². The summed E-state index contributed by atoms with van der Waals surface area (Å²) in [6, 6.07) is 8.33. The van der Waals surface area contributed by atoms with Crippen molar-refractivity contribution >= 4 is 43.8 Å². The minimum absolute atomic E-state index is 0.0846. The van der Waals surface area contributed by atoms with Gasteiger partial charge in [-0.1, -0.05) is 28.7 Å². The summed E-state index contributed by atoms with van der Waals surface area (Å²) in [4.78, 5) is 27.5.